The van der Waals surface area contributed by atoms with E-state index in [0.29, 0.717) is 19.5 Å². The highest BCUT2D eigenvalue weighted by molar-refractivity contribution is 5.83. The first-order valence-corrected chi connectivity index (χ1v) is 11.5. The number of carboxylic acid groups (broad SMARTS) is 1. The SMILES string of the molecule is CN(C[C@H](c1ccc2ccccc2c1)[C@H](OCC(=O)N1CC[C@H](O)C1)c1ccccc1)C(=O)O. The number of carbonyl (C=O) groups excluding carboxylic acids is 1. The molecular formula is C27H30N2O5. The lowest BCUT2D eigenvalue weighted by Crippen LogP contribution is -2.36. The van der Waals surface area contributed by atoms with Crippen molar-refractivity contribution in [1.29, 1.82) is 0 Å². The number of amides is 2. The van der Waals surface area contributed by atoms with Gasteiger partial charge in [-0.1, -0.05) is 72.8 Å². The average molecular weight is 463 g/mol. The fourth-order valence-corrected chi connectivity index (χ4v) is 4.50. The van der Waals surface area contributed by atoms with Gasteiger partial charge in [0.2, 0.25) is 5.91 Å². The van der Waals surface area contributed by atoms with Crippen LogP contribution in [0.4, 0.5) is 4.79 Å². The summed E-state index contributed by atoms with van der Waals surface area (Å²) in [4.78, 5) is 27.3. The van der Waals surface area contributed by atoms with E-state index in [4.69, 9.17) is 4.74 Å². The summed E-state index contributed by atoms with van der Waals surface area (Å²) in [5, 5.41) is 21.5. The highest BCUT2D eigenvalue weighted by Gasteiger charge is 2.31. The first-order valence-electron chi connectivity index (χ1n) is 11.5. The van der Waals surface area contributed by atoms with Gasteiger partial charge in [-0.05, 0) is 28.3 Å². The zero-order valence-electron chi connectivity index (χ0n) is 19.2. The van der Waals surface area contributed by atoms with Gasteiger partial charge < -0.3 is 24.7 Å². The van der Waals surface area contributed by atoms with Crippen molar-refractivity contribution in [3.8, 4) is 0 Å². The van der Waals surface area contributed by atoms with Crippen molar-refractivity contribution < 1.29 is 24.5 Å². The van der Waals surface area contributed by atoms with Crippen molar-refractivity contribution in [2.24, 2.45) is 0 Å². The van der Waals surface area contributed by atoms with Crippen LogP contribution in [0.1, 0.15) is 29.6 Å². The van der Waals surface area contributed by atoms with Crippen LogP contribution in [0.25, 0.3) is 10.8 Å². The van der Waals surface area contributed by atoms with Crippen LogP contribution in [0.2, 0.25) is 0 Å². The van der Waals surface area contributed by atoms with Gasteiger partial charge in [0.05, 0.1) is 12.2 Å². The van der Waals surface area contributed by atoms with E-state index in [-0.39, 0.29) is 25.0 Å². The van der Waals surface area contributed by atoms with E-state index in [1.54, 1.807) is 4.90 Å². The maximum absolute atomic E-state index is 12.8. The van der Waals surface area contributed by atoms with Gasteiger partial charge in [0.15, 0.2) is 0 Å². The van der Waals surface area contributed by atoms with Crippen LogP contribution in [-0.2, 0) is 9.53 Å². The zero-order chi connectivity index (χ0) is 24.1. The number of hydrogen-bond donors (Lipinski definition) is 2. The fraction of sp³-hybridized carbons (Fsp3) is 0.333. The van der Waals surface area contributed by atoms with Crippen LogP contribution in [0.15, 0.2) is 72.8 Å². The summed E-state index contributed by atoms with van der Waals surface area (Å²) in [6, 6.07) is 23.7. The second kappa shape index (κ2) is 10.7. The Morgan fingerprint density at radius 3 is 2.41 bits per heavy atom. The number of likely N-dealkylation sites (N-methyl/N-ethyl adjacent to an activating group) is 1. The number of aliphatic hydroxyl groups excluding tert-OH is 1. The Bertz CT molecular complexity index is 1140. The summed E-state index contributed by atoms with van der Waals surface area (Å²) in [7, 11) is 1.54. The van der Waals surface area contributed by atoms with Crippen molar-refractivity contribution in [1.82, 2.24) is 9.80 Å². The van der Waals surface area contributed by atoms with E-state index in [1.807, 2.05) is 66.7 Å². The molecular weight excluding hydrogens is 432 g/mol. The number of ether oxygens (including phenoxy) is 1. The standard InChI is InChI=1S/C27H30N2O5/c1-28(27(32)33)17-24(22-12-11-19-7-5-6-10-21(19)15-22)26(20-8-3-2-4-9-20)34-18-25(31)29-14-13-23(30)16-29/h2-12,15,23-24,26,30H,13-14,16-18H2,1H3,(H,32,33)/t23-,24+,26+/m0/s1. The lowest BCUT2D eigenvalue weighted by molar-refractivity contribution is -0.138. The lowest BCUT2D eigenvalue weighted by atomic mass is 9.87. The minimum Gasteiger partial charge on any atom is -0.465 e. The van der Waals surface area contributed by atoms with Gasteiger partial charge in [-0.15, -0.1) is 0 Å². The van der Waals surface area contributed by atoms with E-state index >= 15 is 0 Å². The third-order valence-corrected chi connectivity index (χ3v) is 6.39. The minimum atomic E-state index is -1.03. The highest BCUT2D eigenvalue weighted by atomic mass is 16.5. The lowest BCUT2D eigenvalue weighted by Gasteiger charge is -2.31. The number of benzene rings is 3. The molecule has 178 valence electrons. The first-order chi connectivity index (χ1) is 16.4. The van der Waals surface area contributed by atoms with Gasteiger partial charge in [-0.3, -0.25) is 4.79 Å². The number of nitrogens with zero attached hydrogens (tertiary/aromatic N) is 2. The van der Waals surface area contributed by atoms with Gasteiger partial charge in [0, 0.05) is 32.6 Å². The maximum atomic E-state index is 12.8. The number of β-amino-alcohol motifs (C(OH)–C–C–N with tert-alkyl or cyclic N) is 1. The van der Waals surface area contributed by atoms with E-state index in [1.165, 1.54) is 11.9 Å². The van der Waals surface area contributed by atoms with Gasteiger partial charge in [0.1, 0.15) is 6.61 Å². The second-order valence-corrected chi connectivity index (χ2v) is 8.80. The molecule has 3 aromatic carbocycles. The average Bonchev–Trinajstić information content (AvgIpc) is 3.29. The molecule has 0 bridgehead atoms. The summed E-state index contributed by atoms with van der Waals surface area (Å²) in [6.45, 7) is 0.875. The highest BCUT2D eigenvalue weighted by Crippen LogP contribution is 2.36. The molecule has 7 nitrogen and oxygen atoms in total. The van der Waals surface area contributed by atoms with E-state index in [0.717, 1.165) is 21.9 Å². The largest absolute Gasteiger partial charge is 0.465 e. The molecule has 1 fully saturated rings. The number of fused-ring (bicyclic) bond motifs is 1. The van der Waals surface area contributed by atoms with E-state index < -0.39 is 18.3 Å². The fourth-order valence-electron chi connectivity index (χ4n) is 4.50. The third kappa shape index (κ3) is 5.55. The molecule has 3 aromatic rings. The Balaban J connectivity index is 1.67. The van der Waals surface area contributed by atoms with Crippen LogP contribution in [0, 0.1) is 0 Å². The molecule has 1 heterocycles. The zero-order valence-corrected chi connectivity index (χ0v) is 19.2. The van der Waals surface area contributed by atoms with Crippen LogP contribution in [0.3, 0.4) is 0 Å². The molecule has 2 amide bonds. The Hall–Kier alpha value is -3.42. The van der Waals surface area contributed by atoms with Crippen molar-refractivity contribution in [2.75, 3.05) is 33.3 Å². The van der Waals surface area contributed by atoms with Crippen LogP contribution >= 0.6 is 0 Å². The molecule has 0 aromatic heterocycles. The predicted molar refractivity (Wildman–Crippen MR) is 130 cm³/mol. The summed E-state index contributed by atoms with van der Waals surface area (Å²) in [5.74, 6) is -0.522. The van der Waals surface area contributed by atoms with Crippen LogP contribution < -0.4 is 0 Å². The van der Waals surface area contributed by atoms with Gasteiger partial charge in [-0.2, -0.15) is 0 Å². The molecule has 0 aliphatic carbocycles. The van der Waals surface area contributed by atoms with Crippen molar-refractivity contribution in [2.45, 2.75) is 24.5 Å². The first kappa shape index (κ1) is 23.7. The Kier molecular flexibility index (Phi) is 7.45. The molecule has 0 unspecified atom stereocenters. The number of rotatable bonds is 8. The van der Waals surface area contributed by atoms with Crippen molar-refractivity contribution in [3.63, 3.8) is 0 Å². The van der Waals surface area contributed by atoms with Gasteiger partial charge >= 0.3 is 6.09 Å². The number of aliphatic hydroxyl groups is 1. The second-order valence-electron chi connectivity index (χ2n) is 8.80. The van der Waals surface area contributed by atoms with E-state index in [9.17, 15) is 19.8 Å². The normalized spacial score (nSPS) is 17.5. The maximum Gasteiger partial charge on any atom is 0.407 e. The molecule has 2 N–H and O–H groups in total. The molecule has 0 radical (unpaired) electrons. The Morgan fingerprint density at radius 2 is 1.74 bits per heavy atom. The molecule has 0 saturated carbocycles. The molecule has 1 saturated heterocycles. The minimum absolute atomic E-state index is 0.146. The van der Waals surface area contributed by atoms with Crippen molar-refractivity contribution in [3.05, 3.63) is 83.9 Å². The molecule has 7 heteroatoms. The molecule has 3 atom stereocenters. The summed E-state index contributed by atoms with van der Waals surface area (Å²) < 4.78 is 6.25. The van der Waals surface area contributed by atoms with Gasteiger partial charge in [-0.25, -0.2) is 4.79 Å². The van der Waals surface area contributed by atoms with Crippen LogP contribution in [-0.4, -0.2) is 71.4 Å². The summed E-state index contributed by atoms with van der Waals surface area (Å²) in [6.07, 6.45) is -1.50. The molecule has 1 aliphatic rings. The van der Waals surface area contributed by atoms with Crippen LogP contribution in [0.5, 0.6) is 0 Å². The predicted octanol–water partition coefficient (Wildman–Crippen LogP) is 3.88. The number of likely N-dealkylation sites (tertiary alicyclic amines) is 1. The van der Waals surface area contributed by atoms with E-state index in [2.05, 4.69) is 6.07 Å². The quantitative estimate of drug-likeness (QED) is 0.530. The Labute approximate surface area is 199 Å². The number of hydrogen-bond acceptors (Lipinski definition) is 4. The molecule has 1 aliphatic heterocycles. The van der Waals surface area contributed by atoms with Gasteiger partial charge in [0.25, 0.3) is 0 Å². The molecule has 0 spiro atoms. The molecule has 34 heavy (non-hydrogen) atoms. The number of carbonyl (C=O) groups is 2. The Morgan fingerprint density at radius 1 is 1.03 bits per heavy atom. The summed E-state index contributed by atoms with van der Waals surface area (Å²) in [5.41, 5.74) is 1.80. The summed E-state index contributed by atoms with van der Waals surface area (Å²) >= 11 is 0. The third-order valence-electron chi connectivity index (χ3n) is 6.39. The smallest absolute Gasteiger partial charge is 0.407 e. The van der Waals surface area contributed by atoms with Crippen molar-refractivity contribution >= 4 is 22.8 Å². The topological polar surface area (TPSA) is 90.3 Å². The monoisotopic (exact) mass is 462 g/mol. The molecule has 4 rings (SSSR count).